The van der Waals surface area contributed by atoms with Gasteiger partial charge in [0.25, 0.3) is 0 Å². The fraction of sp³-hybridized carbons (Fsp3) is 0.481. The largest absolute Gasteiger partial charge is 0.493 e. The van der Waals surface area contributed by atoms with E-state index < -0.39 is 5.97 Å². The third-order valence-corrected chi connectivity index (χ3v) is 6.76. The van der Waals surface area contributed by atoms with E-state index in [2.05, 4.69) is 37.6 Å². The smallest absolute Gasteiger partial charge is 0.335 e. The Hall–Kier alpha value is -3.42. The van der Waals surface area contributed by atoms with Crippen molar-refractivity contribution in [3.8, 4) is 17.2 Å². The molecular formula is C27H35N3O5. The molecule has 4 rings (SSSR count). The Labute approximate surface area is 206 Å². The molecule has 0 amide bonds. The second-order valence-electron chi connectivity index (χ2n) is 10.9. The van der Waals surface area contributed by atoms with Crippen LogP contribution < -0.4 is 19.5 Å². The topological polar surface area (TPSA) is 94.8 Å². The lowest BCUT2D eigenvalue weighted by Crippen LogP contribution is -2.35. The highest BCUT2D eigenvalue weighted by atomic mass is 16.5. The van der Waals surface area contributed by atoms with Gasteiger partial charge in [-0.15, -0.1) is 0 Å². The zero-order valence-electron chi connectivity index (χ0n) is 21.6. The van der Waals surface area contributed by atoms with Gasteiger partial charge in [-0.3, -0.25) is 0 Å². The highest BCUT2D eigenvalue weighted by Crippen LogP contribution is 2.51. The van der Waals surface area contributed by atoms with Crippen molar-refractivity contribution in [2.24, 2.45) is 10.8 Å². The van der Waals surface area contributed by atoms with Crippen LogP contribution in [0.3, 0.4) is 0 Å². The molecule has 1 aliphatic rings. The predicted octanol–water partition coefficient (Wildman–Crippen LogP) is 6.28. The van der Waals surface area contributed by atoms with E-state index in [1.807, 2.05) is 18.2 Å². The van der Waals surface area contributed by atoms with Crippen molar-refractivity contribution in [3.63, 3.8) is 0 Å². The van der Waals surface area contributed by atoms with Crippen molar-refractivity contribution in [2.75, 3.05) is 26.6 Å². The number of aromatic carboxylic acids is 1. The molecule has 0 unspecified atom stereocenters. The van der Waals surface area contributed by atoms with Crippen LogP contribution in [0.2, 0.25) is 0 Å². The Morgan fingerprint density at radius 1 is 1.00 bits per heavy atom. The van der Waals surface area contributed by atoms with E-state index in [9.17, 15) is 9.90 Å². The first-order chi connectivity index (χ1) is 16.5. The molecule has 1 heterocycles. The van der Waals surface area contributed by atoms with Crippen LogP contribution in [0.25, 0.3) is 11.0 Å². The number of aromatic nitrogens is 2. The molecule has 8 heteroatoms. The summed E-state index contributed by atoms with van der Waals surface area (Å²) in [6.07, 6.45) is 3.13. The molecule has 2 N–H and O–H groups in total. The number of anilines is 2. The lowest BCUT2D eigenvalue weighted by Gasteiger charge is -2.45. The first kappa shape index (κ1) is 24.7. The van der Waals surface area contributed by atoms with Gasteiger partial charge in [-0.25, -0.2) is 9.78 Å². The molecule has 35 heavy (non-hydrogen) atoms. The van der Waals surface area contributed by atoms with Crippen molar-refractivity contribution < 1.29 is 24.1 Å². The van der Waals surface area contributed by atoms with E-state index in [1.165, 1.54) is 0 Å². The Morgan fingerprint density at radius 3 is 2.11 bits per heavy atom. The molecule has 0 bridgehead atoms. The standard InChI is InChI=1S/C27H35N3O5/c1-26(2)13-18(14-27(3,4)15-26)30-20-9-8-16(24(31)32)10-19(20)29-25(30)28-17-11-21(33-5)23(35-7)22(12-17)34-6/h8-12,18H,13-15H2,1-7H3,(H,28,29)(H,31,32). The summed E-state index contributed by atoms with van der Waals surface area (Å²) in [5, 5.41) is 13.0. The molecule has 1 saturated carbocycles. The number of carboxylic acids is 1. The van der Waals surface area contributed by atoms with Crippen molar-refractivity contribution in [2.45, 2.75) is 53.0 Å². The van der Waals surface area contributed by atoms with Crippen LogP contribution >= 0.6 is 0 Å². The number of nitrogens with one attached hydrogen (secondary N) is 1. The van der Waals surface area contributed by atoms with E-state index in [-0.39, 0.29) is 22.4 Å². The van der Waals surface area contributed by atoms with Crippen LogP contribution in [-0.2, 0) is 0 Å². The number of fused-ring (bicyclic) bond motifs is 1. The minimum Gasteiger partial charge on any atom is -0.493 e. The van der Waals surface area contributed by atoms with Gasteiger partial charge in [0.2, 0.25) is 11.7 Å². The van der Waals surface area contributed by atoms with Gasteiger partial charge in [-0.2, -0.15) is 0 Å². The monoisotopic (exact) mass is 481 g/mol. The summed E-state index contributed by atoms with van der Waals surface area (Å²) in [5.41, 5.74) is 2.81. The van der Waals surface area contributed by atoms with Gasteiger partial charge < -0.3 is 29.2 Å². The molecule has 3 aromatic rings. The van der Waals surface area contributed by atoms with Crippen LogP contribution in [0.1, 0.15) is 63.4 Å². The van der Waals surface area contributed by atoms with Gasteiger partial charge in [0.1, 0.15) is 0 Å². The van der Waals surface area contributed by atoms with E-state index in [0.717, 1.165) is 30.5 Å². The Kier molecular flexibility index (Phi) is 6.34. The van der Waals surface area contributed by atoms with Crippen LogP contribution in [0, 0.1) is 10.8 Å². The van der Waals surface area contributed by atoms with Gasteiger partial charge in [-0.1, -0.05) is 27.7 Å². The number of carboxylic acid groups (broad SMARTS) is 1. The molecule has 0 atom stereocenters. The number of imidazole rings is 1. The number of hydrogen-bond acceptors (Lipinski definition) is 6. The van der Waals surface area contributed by atoms with Crippen LogP contribution in [0.4, 0.5) is 11.6 Å². The summed E-state index contributed by atoms with van der Waals surface area (Å²) in [7, 11) is 4.73. The molecule has 0 radical (unpaired) electrons. The third kappa shape index (κ3) is 4.88. The first-order valence-electron chi connectivity index (χ1n) is 11.8. The SMILES string of the molecule is COc1cc(Nc2nc3cc(C(=O)O)ccc3n2C2CC(C)(C)CC(C)(C)C2)cc(OC)c1OC. The molecule has 8 nitrogen and oxygen atoms in total. The van der Waals surface area contributed by atoms with Crippen LogP contribution in [0.15, 0.2) is 30.3 Å². The molecular weight excluding hydrogens is 446 g/mol. The number of nitrogens with zero attached hydrogens (tertiary/aromatic N) is 2. The van der Waals surface area contributed by atoms with Gasteiger partial charge in [0.05, 0.1) is 37.9 Å². The molecule has 0 aliphatic heterocycles. The summed E-state index contributed by atoms with van der Waals surface area (Å²) < 4.78 is 18.7. The van der Waals surface area contributed by atoms with Crippen LogP contribution in [0.5, 0.6) is 17.2 Å². The van der Waals surface area contributed by atoms with Crippen molar-refractivity contribution >= 4 is 28.6 Å². The van der Waals surface area contributed by atoms with Gasteiger partial charge >= 0.3 is 5.97 Å². The van der Waals surface area contributed by atoms with Gasteiger partial charge in [0, 0.05) is 23.9 Å². The quantitative estimate of drug-likeness (QED) is 0.410. The van der Waals surface area contributed by atoms with E-state index in [0.29, 0.717) is 28.7 Å². The lowest BCUT2D eigenvalue weighted by molar-refractivity contribution is 0.0696. The van der Waals surface area contributed by atoms with Gasteiger partial charge in [0.15, 0.2) is 11.5 Å². The molecule has 2 aromatic carbocycles. The second-order valence-corrected chi connectivity index (χ2v) is 10.9. The Bertz CT molecular complexity index is 1220. The fourth-order valence-electron chi connectivity index (χ4n) is 5.94. The highest BCUT2D eigenvalue weighted by Gasteiger charge is 2.40. The molecule has 188 valence electrons. The van der Waals surface area contributed by atoms with E-state index in [4.69, 9.17) is 19.2 Å². The number of rotatable bonds is 7. The van der Waals surface area contributed by atoms with Crippen molar-refractivity contribution in [1.82, 2.24) is 9.55 Å². The zero-order chi connectivity index (χ0) is 25.5. The van der Waals surface area contributed by atoms with Crippen molar-refractivity contribution in [3.05, 3.63) is 35.9 Å². The number of benzene rings is 2. The Morgan fingerprint density at radius 2 is 1.60 bits per heavy atom. The molecule has 0 saturated heterocycles. The minimum absolute atomic E-state index is 0.161. The summed E-state index contributed by atoms with van der Waals surface area (Å²) in [6, 6.07) is 9.00. The lowest BCUT2D eigenvalue weighted by atomic mass is 9.63. The zero-order valence-corrected chi connectivity index (χ0v) is 21.6. The number of hydrogen-bond donors (Lipinski definition) is 2. The average Bonchev–Trinajstić information content (AvgIpc) is 3.13. The van der Waals surface area contributed by atoms with Crippen LogP contribution in [-0.4, -0.2) is 42.0 Å². The summed E-state index contributed by atoms with van der Waals surface area (Å²) in [4.78, 5) is 16.5. The number of carbonyl (C=O) groups is 1. The minimum atomic E-state index is -0.972. The normalized spacial score (nSPS) is 17.2. The molecule has 0 spiro atoms. The maximum atomic E-state index is 11.6. The molecule has 1 fully saturated rings. The number of methoxy groups -OCH3 is 3. The maximum Gasteiger partial charge on any atom is 0.335 e. The summed E-state index contributed by atoms with van der Waals surface area (Å²) >= 11 is 0. The fourth-order valence-corrected chi connectivity index (χ4v) is 5.94. The second kappa shape index (κ2) is 8.98. The van der Waals surface area contributed by atoms with E-state index in [1.54, 1.807) is 33.5 Å². The first-order valence-corrected chi connectivity index (χ1v) is 11.8. The summed E-state index contributed by atoms with van der Waals surface area (Å²) in [6.45, 7) is 9.26. The predicted molar refractivity (Wildman–Crippen MR) is 137 cm³/mol. The number of ether oxygens (including phenoxy) is 3. The highest BCUT2D eigenvalue weighted by molar-refractivity contribution is 5.93. The Balaban J connectivity index is 1.87. The molecule has 1 aliphatic carbocycles. The maximum absolute atomic E-state index is 11.6. The van der Waals surface area contributed by atoms with E-state index >= 15 is 0 Å². The molecule has 1 aromatic heterocycles. The van der Waals surface area contributed by atoms with Crippen molar-refractivity contribution in [1.29, 1.82) is 0 Å². The summed E-state index contributed by atoms with van der Waals surface area (Å²) in [5.74, 6) is 1.25. The van der Waals surface area contributed by atoms with Gasteiger partial charge in [-0.05, 0) is 48.3 Å². The average molecular weight is 482 g/mol. The third-order valence-electron chi connectivity index (χ3n) is 6.76.